The minimum atomic E-state index is -0.601. The van der Waals surface area contributed by atoms with Crippen LogP contribution in [0.25, 0.3) is 0 Å². The number of nitrogens with zero attached hydrogens (tertiary/aromatic N) is 5. The Bertz CT molecular complexity index is 1330. The number of piperidine rings is 1. The number of likely N-dealkylation sites (tertiary alicyclic amines) is 1. The number of aromatic nitrogens is 3. The van der Waals surface area contributed by atoms with Crippen molar-refractivity contribution >= 4 is 51.6 Å². The van der Waals surface area contributed by atoms with Gasteiger partial charge in [0.2, 0.25) is 12.3 Å². The van der Waals surface area contributed by atoms with E-state index in [1.165, 1.54) is 24.2 Å². The molecule has 2 amide bonds. The molecule has 9 nitrogen and oxygen atoms in total. The van der Waals surface area contributed by atoms with Crippen molar-refractivity contribution in [2.45, 2.75) is 76.9 Å². The summed E-state index contributed by atoms with van der Waals surface area (Å²) in [5.41, 5.74) is 2.40. The van der Waals surface area contributed by atoms with E-state index in [1.807, 2.05) is 36.0 Å². The Hall–Kier alpha value is -2.95. The van der Waals surface area contributed by atoms with Gasteiger partial charge in [0.15, 0.2) is 0 Å². The lowest BCUT2D eigenvalue weighted by Crippen LogP contribution is -2.44. The van der Waals surface area contributed by atoms with Crippen molar-refractivity contribution in [2.24, 2.45) is 5.92 Å². The Balaban J connectivity index is 1.31. The van der Waals surface area contributed by atoms with Gasteiger partial charge in [0.05, 0.1) is 45.4 Å². The molecule has 0 radical (unpaired) electrons. The second-order valence-corrected chi connectivity index (χ2v) is 13.0. The van der Waals surface area contributed by atoms with Crippen molar-refractivity contribution in [1.82, 2.24) is 19.7 Å². The summed E-state index contributed by atoms with van der Waals surface area (Å²) in [6.07, 6.45) is 13.3. The number of nitrogens with one attached hydrogen (secondary N) is 2. The van der Waals surface area contributed by atoms with Crippen LogP contribution in [-0.2, 0) is 9.59 Å². The Morgan fingerprint density at radius 1 is 1.22 bits per heavy atom. The zero-order chi connectivity index (χ0) is 28.9. The summed E-state index contributed by atoms with van der Waals surface area (Å²) in [6, 6.07) is 5.51. The number of aryl methyl sites for hydroxylation is 1. The summed E-state index contributed by atoms with van der Waals surface area (Å²) >= 11 is 7.67. The molecule has 3 aromatic rings. The molecule has 0 spiro atoms. The van der Waals surface area contributed by atoms with Gasteiger partial charge < -0.3 is 15.5 Å². The van der Waals surface area contributed by atoms with Gasteiger partial charge in [0.1, 0.15) is 6.04 Å². The molecule has 11 heteroatoms. The minimum absolute atomic E-state index is 0.0336. The Morgan fingerprint density at radius 3 is 2.71 bits per heavy atom. The number of hydrogen-bond acceptors (Lipinski definition) is 7. The van der Waals surface area contributed by atoms with Crippen LogP contribution in [0.1, 0.15) is 74.5 Å². The van der Waals surface area contributed by atoms with Crippen LogP contribution in [0.2, 0.25) is 5.02 Å². The van der Waals surface area contributed by atoms with Crippen LogP contribution in [-0.4, -0.2) is 58.2 Å². The fourth-order valence-corrected chi connectivity index (χ4v) is 7.13. The number of anilines is 3. The van der Waals surface area contributed by atoms with E-state index in [1.54, 1.807) is 17.3 Å². The molecule has 1 saturated heterocycles. The van der Waals surface area contributed by atoms with Crippen LogP contribution >= 0.6 is 22.9 Å². The van der Waals surface area contributed by atoms with Crippen molar-refractivity contribution in [1.29, 1.82) is 0 Å². The summed E-state index contributed by atoms with van der Waals surface area (Å²) < 4.78 is 1.98. The average Bonchev–Trinajstić information content (AvgIpc) is 3.74. The van der Waals surface area contributed by atoms with Crippen LogP contribution in [0.5, 0.6) is 0 Å². The molecule has 3 aromatic heterocycles. The van der Waals surface area contributed by atoms with E-state index < -0.39 is 6.04 Å². The molecule has 4 heterocycles. The maximum absolute atomic E-state index is 13.8. The maximum atomic E-state index is 13.8. The molecule has 0 unspecified atom stereocenters. The molecule has 0 aromatic carbocycles. The van der Waals surface area contributed by atoms with Gasteiger partial charge in [-0.15, -0.1) is 11.3 Å². The molecule has 5 rings (SSSR count). The summed E-state index contributed by atoms with van der Waals surface area (Å²) in [4.78, 5) is 35.6. The Morgan fingerprint density at radius 2 is 1.98 bits per heavy atom. The van der Waals surface area contributed by atoms with Gasteiger partial charge in [-0.3, -0.25) is 24.2 Å². The van der Waals surface area contributed by atoms with Crippen molar-refractivity contribution in [3.63, 3.8) is 0 Å². The first-order chi connectivity index (χ1) is 19.8. The molecular weight excluding hydrogens is 558 g/mol. The molecule has 220 valence electrons. The Labute approximate surface area is 251 Å². The second-order valence-electron chi connectivity index (χ2n) is 11.5. The molecule has 0 bridgehead atoms. The zero-order valence-electron chi connectivity index (χ0n) is 24.1. The van der Waals surface area contributed by atoms with Crippen LogP contribution < -0.4 is 15.5 Å². The molecule has 1 aliphatic heterocycles. The lowest BCUT2D eigenvalue weighted by Gasteiger charge is -2.29. The van der Waals surface area contributed by atoms with Gasteiger partial charge in [-0.2, -0.15) is 5.10 Å². The van der Waals surface area contributed by atoms with Gasteiger partial charge in [0, 0.05) is 17.3 Å². The average molecular weight is 598 g/mol. The van der Waals surface area contributed by atoms with Crippen LogP contribution in [0, 0.1) is 12.8 Å². The number of carbonyl (C=O) groups is 2. The number of carbonyl (C=O) groups excluding carboxylic acids is 2. The highest BCUT2D eigenvalue weighted by Crippen LogP contribution is 2.36. The first-order valence-corrected chi connectivity index (χ1v) is 15.8. The number of halogens is 1. The van der Waals surface area contributed by atoms with Gasteiger partial charge in [-0.05, 0) is 77.4 Å². The normalized spacial score (nSPS) is 18.2. The molecule has 2 aliphatic rings. The molecule has 1 saturated carbocycles. The smallest absolute Gasteiger partial charge is 0.247 e. The third kappa shape index (κ3) is 7.28. The van der Waals surface area contributed by atoms with Crippen LogP contribution in [0.4, 0.5) is 16.4 Å². The first-order valence-electron chi connectivity index (χ1n) is 14.6. The van der Waals surface area contributed by atoms with Crippen molar-refractivity contribution in [3.8, 4) is 0 Å². The number of rotatable bonds is 11. The number of thiophene rings is 1. The zero-order valence-corrected chi connectivity index (χ0v) is 25.6. The van der Waals surface area contributed by atoms with Gasteiger partial charge in [-0.1, -0.05) is 37.3 Å². The Kier molecular flexibility index (Phi) is 9.62. The monoisotopic (exact) mass is 597 g/mol. The molecule has 1 aliphatic carbocycles. The topological polar surface area (TPSA) is 95.4 Å². The third-order valence-corrected chi connectivity index (χ3v) is 9.92. The maximum Gasteiger partial charge on any atom is 0.247 e. The molecule has 2 atom stereocenters. The summed E-state index contributed by atoms with van der Waals surface area (Å²) in [6.45, 7) is 6.07. The third-order valence-electron chi connectivity index (χ3n) is 8.43. The molecular formula is C30H40ClN7O2S. The lowest BCUT2D eigenvalue weighted by molar-refractivity contribution is -0.119. The predicted molar refractivity (Wildman–Crippen MR) is 166 cm³/mol. The van der Waals surface area contributed by atoms with E-state index in [4.69, 9.17) is 11.6 Å². The van der Waals surface area contributed by atoms with E-state index in [0.717, 1.165) is 66.4 Å². The van der Waals surface area contributed by atoms with Crippen molar-refractivity contribution in [3.05, 3.63) is 52.4 Å². The molecule has 2 N–H and O–H groups in total. The SMILES string of the molecule is Cc1ncc(Cl)cc1N[C@@H](C)c1ccc(N(C=O)[C@@H](CC2CCCC2)C(=O)Nc2cnn(C3CCN(C)CC3)c2)s1. The summed E-state index contributed by atoms with van der Waals surface area (Å²) in [7, 11) is 2.14. The largest absolute Gasteiger partial charge is 0.376 e. The van der Waals surface area contributed by atoms with Crippen LogP contribution in [0.3, 0.4) is 0 Å². The summed E-state index contributed by atoms with van der Waals surface area (Å²) in [5, 5.41) is 12.4. The van der Waals surface area contributed by atoms with Crippen molar-refractivity contribution < 1.29 is 9.59 Å². The quantitative estimate of drug-likeness (QED) is 0.252. The minimum Gasteiger partial charge on any atom is -0.376 e. The second kappa shape index (κ2) is 13.4. The predicted octanol–water partition coefficient (Wildman–Crippen LogP) is 6.29. The highest BCUT2D eigenvalue weighted by atomic mass is 35.5. The number of pyridine rings is 1. The fourth-order valence-electron chi connectivity index (χ4n) is 5.95. The molecule has 41 heavy (non-hydrogen) atoms. The van der Waals surface area contributed by atoms with E-state index in [2.05, 4.69) is 39.6 Å². The van der Waals surface area contributed by atoms with Crippen LogP contribution in [0.15, 0.2) is 36.8 Å². The standard InChI is InChI=1S/C30H40ClN7O2S/c1-20-26(15-23(31)16-32-20)34-21(2)28-8-9-29(41-28)37(19-39)27(14-22-6-4-5-7-22)30(40)35-24-17-33-38(18-24)25-10-12-36(3)13-11-25/h8-9,15-19,21-22,25,27,34H,4-7,10-14H2,1-3H3,(H,35,40)/t21-,27-/m0/s1. The fraction of sp³-hybridized carbons (Fsp3) is 0.533. The number of hydrogen-bond donors (Lipinski definition) is 2. The highest BCUT2D eigenvalue weighted by molar-refractivity contribution is 7.16. The van der Waals surface area contributed by atoms with E-state index in [0.29, 0.717) is 29.1 Å². The van der Waals surface area contributed by atoms with Gasteiger partial charge in [0.25, 0.3) is 0 Å². The molecule has 2 fully saturated rings. The lowest BCUT2D eigenvalue weighted by atomic mass is 9.97. The van der Waals surface area contributed by atoms with Crippen molar-refractivity contribution in [2.75, 3.05) is 35.7 Å². The summed E-state index contributed by atoms with van der Waals surface area (Å²) in [5.74, 6) is 0.252. The van der Waals surface area contributed by atoms with Gasteiger partial charge in [-0.25, -0.2) is 0 Å². The highest BCUT2D eigenvalue weighted by Gasteiger charge is 2.32. The van der Waals surface area contributed by atoms with E-state index in [9.17, 15) is 9.59 Å². The number of amides is 2. The van der Waals surface area contributed by atoms with E-state index in [-0.39, 0.29) is 11.9 Å². The van der Waals surface area contributed by atoms with Gasteiger partial charge >= 0.3 is 0 Å². The van der Waals surface area contributed by atoms with E-state index >= 15 is 0 Å². The first kappa shape index (κ1) is 29.5.